The Morgan fingerprint density at radius 3 is 1.93 bits per heavy atom. The summed E-state index contributed by atoms with van der Waals surface area (Å²) in [7, 11) is 0. The van der Waals surface area contributed by atoms with E-state index in [9.17, 15) is 0 Å². The van der Waals surface area contributed by atoms with E-state index in [1.54, 1.807) is 0 Å². The van der Waals surface area contributed by atoms with Crippen molar-refractivity contribution in [3.63, 3.8) is 0 Å². The molecule has 0 bridgehead atoms. The first-order valence-corrected chi connectivity index (χ1v) is 6.61. The standard InChI is InChI=1S/C13H30N2/c1-7-11(5)15(10-4)12(6)13(8-2)14-9-3/h11-14H,7-10H2,1-6H3. The summed E-state index contributed by atoms with van der Waals surface area (Å²) in [4.78, 5) is 2.61. The molecule has 0 amide bonds. The molecule has 2 heteroatoms. The second kappa shape index (κ2) is 8.12. The Bertz CT molecular complexity index is 147. The van der Waals surface area contributed by atoms with Crippen LogP contribution in [0, 0.1) is 0 Å². The number of hydrogen-bond donors (Lipinski definition) is 1. The molecule has 0 aromatic rings. The van der Waals surface area contributed by atoms with E-state index in [2.05, 4.69) is 51.8 Å². The summed E-state index contributed by atoms with van der Waals surface area (Å²) in [5, 5.41) is 3.58. The zero-order valence-corrected chi connectivity index (χ0v) is 11.5. The Hall–Kier alpha value is -0.0800. The van der Waals surface area contributed by atoms with Gasteiger partial charge in [0.05, 0.1) is 0 Å². The van der Waals surface area contributed by atoms with Crippen LogP contribution in [0.2, 0.25) is 0 Å². The van der Waals surface area contributed by atoms with Crippen molar-refractivity contribution in [3.8, 4) is 0 Å². The third-order valence-electron chi connectivity index (χ3n) is 3.53. The fraction of sp³-hybridized carbons (Fsp3) is 1.00. The lowest BCUT2D eigenvalue weighted by Gasteiger charge is -2.38. The van der Waals surface area contributed by atoms with E-state index in [-0.39, 0.29) is 0 Å². The molecule has 0 aliphatic rings. The monoisotopic (exact) mass is 214 g/mol. The van der Waals surface area contributed by atoms with E-state index < -0.39 is 0 Å². The van der Waals surface area contributed by atoms with E-state index >= 15 is 0 Å². The maximum atomic E-state index is 3.58. The average molecular weight is 214 g/mol. The van der Waals surface area contributed by atoms with Crippen molar-refractivity contribution in [2.75, 3.05) is 13.1 Å². The van der Waals surface area contributed by atoms with E-state index in [0.717, 1.165) is 13.1 Å². The third-order valence-corrected chi connectivity index (χ3v) is 3.53. The van der Waals surface area contributed by atoms with Crippen LogP contribution in [0.4, 0.5) is 0 Å². The predicted molar refractivity (Wildman–Crippen MR) is 69.4 cm³/mol. The number of nitrogens with one attached hydrogen (secondary N) is 1. The summed E-state index contributed by atoms with van der Waals surface area (Å²) in [6, 6.07) is 1.96. The van der Waals surface area contributed by atoms with Crippen LogP contribution in [0.5, 0.6) is 0 Å². The summed E-state index contributed by atoms with van der Waals surface area (Å²) in [5.74, 6) is 0. The Balaban J connectivity index is 4.38. The highest BCUT2D eigenvalue weighted by Crippen LogP contribution is 2.13. The van der Waals surface area contributed by atoms with Gasteiger partial charge in [-0.3, -0.25) is 4.90 Å². The average Bonchev–Trinajstić information content (AvgIpc) is 2.26. The van der Waals surface area contributed by atoms with Crippen molar-refractivity contribution in [2.24, 2.45) is 0 Å². The molecule has 0 rings (SSSR count). The lowest BCUT2D eigenvalue weighted by molar-refractivity contribution is 0.126. The molecule has 0 aliphatic heterocycles. The van der Waals surface area contributed by atoms with Crippen LogP contribution in [0.1, 0.15) is 54.4 Å². The number of hydrogen-bond acceptors (Lipinski definition) is 2. The first kappa shape index (κ1) is 14.9. The molecule has 0 radical (unpaired) electrons. The Kier molecular flexibility index (Phi) is 8.07. The van der Waals surface area contributed by atoms with Gasteiger partial charge in [0.1, 0.15) is 0 Å². The molecule has 0 aromatic carbocycles. The zero-order valence-electron chi connectivity index (χ0n) is 11.5. The fourth-order valence-electron chi connectivity index (χ4n) is 2.38. The zero-order chi connectivity index (χ0) is 11.8. The maximum absolute atomic E-state index is 3.58. The highest BCUT2D eigenvalue weighted by molar-refractivity contribution is 4.82. The first-order valence-electron chi connectivity index (χ1n) is 6.61. The van der Waals surface area contributed by atoms with Crippen LogP contribution in [0.3, 0.4) is 0 Å². The molecule has 92 valence electrons. The van der Waals surface area contributed by atoms with Gasteiger partial charge in [0, 0.05) is 18.1 Å². The van der Waals surface area contributed by atoms with Crippen LogP contribution < -0.4 is 5.32 Å². The van der Waals surface area contributed by atoms with Gasteiger partial charge in [0.15, 0.2) is 0 Å². The highest BCUT2D eigenvalue weighted by atomic mass is 15.2. The summed E-state index contributed by atoms with van der Waals surface area (Å²) >= 11 is 0. The molecular weight excluding hydrogens is 184 g/mol. The molecule has 0 saturated carbocycles. The molecule has 0 aliphatic carbocycles. The predicted octanol–water partition coefficient (Wildman–Crippen LogP) is 2.88. The largest absolute Gasteiger partial charge is 0.313 e. The smallest absolute Gasteiger partial charge is 0.0223 e. The Labute approximate surface area is 96.4 Å². The van der Waals surface area contributed by atoms with Gasteiger partial charge in [-0.1, -0.05) is 27.7 Å². The summed E-state index contributed by atoms with van der Waals surface area (Å²) in [6.45, 7) is 15.9. The molecular formula is C13H30N2. The van der Waals surface area contributed by atoms with E-state index in [1.807, 2.05) is 0 Å². The van der Waals surface area contributed by atoms with Gasteiger partial charge in [-0.05, 0) is 39.8 Å². The molecule has 1 N–H and O–H groups in total. The lowest BCUT2D eigenvalue weighted by Crippen LogP contribution is -2.51. The summed E-state index contributed by atoms with van der Waals surface area (Å²) in [6.07, 6.45) is 2.45. The van der Waals surface area contributed by atoms with Gasteiger partial charge in [0.25, 0.3) is 0 Å². The topological polar surface area (TPSA) is 15.3 Å². The van der Waals surface area contributed by atoms with E-state index in [4.69, 9.17) is 0 Å². The highest BCUT2D eigenvalue weighted by Gasteiger charge is 2.23. The molecule has 0 aromatic heterocycles. The van der Waals surface area contributed by atoms with Gasteiger partial charge >= 0.3 is 0 Å². The van der Waals surface area contributed by atoms with Crippen molar-refractivity contribution in [3.05, 3.63) is 0 Å². The maximum Gasteiger partial charge on any atom is 0.0223 e. The fourth-order valence-corrected chi connectivity index (χ4v) is 2.38. The van der Waals surface area contributed by atoms with Gasteiger partial charge in [-0.15, -0.1) is 0 Å². The molecule has 0 heterocycles. The second-order valence-corrected chi connectivity index (χ2v) is 4.40. The van der Waals surface area contributed by atoms with Crippen LogP contribution >= 0.6 is 0 Å². The third kappa shape index (κ3) is 4.52. The summed E-state index contributed by atoms with van der Waals surface area (Å²) < 4.78 is 0. The lowest BCUT2D eigenvalue weighted by atomic mass is 10.0. The SMILES string of the molecule is CCNC(CC)C(C)N(CC)C(C)CC. The molecule has 3 atom stereocenters. The molecule has 2 nitrogen and oxygen atoms in total. The van der Waals surface area contributed by atoms with Crippen LogP contribution in [0.15, 0.2) is 0 Å². The number of likely N-dealkylation sites (N-methyl/N-ethyl adjacent to an activating group) is 2. The minimum absolute atomic E-state index is 0.629. The van der Waals surface area contributed by atoms with Crippen LogP contribution in [0.25, 0.3) is 0 Å². The van der Waals surface area contributed by atoms with Crippen LogP contribution in [-0.2, 0) is 0 Å². The van der Waals surface area contributed by atoms with Gasteiger partial charge < -0.3 is 5.32 Å². The molecule has 0 fully saturated rings. The van der Waals surface area contributed by atoms with Crippen molar-refractivity contribution in [1.82, 2.24) is 10.2 Å². The quantitative estimate of drug-likeness (QED) is 0.668. The van der Waals surface area contributed by atoms with Crippen molar-refractivity contribution >= 4 is 0 Å². The molecule has 0 saturated heterocycles. The Morgan fingerprint density at radius 2 is 1.60 bits per heavy atom. The van der Waals surface area contributed by atoms with Gasteiger partial charge in [0.2, 0.25) is 0 Å². The normalized spacial score (nSPS) is 17.8. The second-order valence-electron chi connectivity index (χ2n) is 4.40. The van der Waals surface area contributed by atoms with E-state index in [1.165, 1.54) is 12.8 Å². The molecule has 3 unspecified atom stereocenters. The number of rotatable bonds is 8. The van der Waals surface area contributed by atoms with Gasteiger partial charge in [-0.25, -0.2) is 0 Å². The van der Waals surface area contributed by atoms with Crippen LogP contribution in [-0.4, -0.2) is 36.1 Å². The Morgan fingerprint density at radius 1 is 1.00 bits per heavy atom. The van der Waals surface area contributed by atoms with Crippen molar-refractivity contribution in [1.29, 1.82) is 0 Å². The summed E-state index contributed by atoms with van der Waals surface area (Å²) in [5.41, 5.74) is 0. The van der Waals surface area contributed by atoms with Crippen molar-refractivity contribution in [2.45, 2.75) is 72.5 Å². The minimum Gasteiger partial charge on any atom is -0.313 e. The van der Waals surface area contributed by atoms with Crippen molar-refractivity contribution < 1.29 is 0 Å². The molecule has 15 heavy (non-hydrogen) atoms. The minimum atomic E-state index is 0.629. The number of nitrogens with zero attached hydrogens (tertiary/aromatic N) is 1. The first-order chi connectivity index (χ1) is 7.12. The van der Waals surface area contributed by atoms with Gasteiger partial charge in [-0.2, -0.15) is 0 Å². The molecule has 0 spiro atoms. The van der Waals surface area contributed by atoms with E-state index in [0.29, 0.717) is 18.1 Å².